The van der Waals surface area contributed by atoms with E-state index in [1.54, 1.807) is 0 Å². The number of aromatic amines is 1. The summed E-state index contributed by atoms with van der Waals surface area (Å²) < 4.78 is 5.90. The Morgan fingerprint density at radius 2 is 1.89 bits per heavy atom. The molecule has 0 aliphatic carbocycles. The molecule has 3 fully saturated rings. The van der Waals surface area contributed by atoms with E-state index >= 15 is 0 Å². The number of hydrogen-bond donors (Lipinski definition) is 1. The molecule has 3 aromatic heterocycles. The summed E-state index contributed by atoms with van der Waals surface area (Å²) >= 11 is 6.89. The SMILES string of the molecule is Cc1nc2c(-c3ccc4ncc(N5CCC5)nc4c3Cl)n[nH]c2nc1N1CCC2(CC1)CO[C@@H](C)C2. The number of rotatable bonds is 3. The molecule has 0 bridgehead atoms. The highest BCUT2D eigenvalue weighted by Gasteiger charge is 2.41. The van der Waals surface area contributed by atoms with Gasteiger partial charge in [0.1, 0.15) is 22.5 Å². The molecule has 1 N–H and O–H groups in total. The summed E-state index contributed by atoms with van der Waals surface area (Å²) in [5.74, 6) is 1.79. The lowest BCUT2D eigenvalue weighted by Gasteiger charge is -2.39. The average Bonchev–Trinajstić information content (AvgIpc) is 3.41. The minimum atomic E-state index is 0.327. The molecule has 7 rings (SSSR count). The summed E-state index contributed by atoms with van der Waals surface area (Å²) in [5.41, 5.74) is 5.52. The first-order valence-corrected chi connectivity index (χ1v) is 13.2. The minimum Gasteiger partial charge on any atom is -0.378 e. The van der Waals surface area contributed by atoms with Crippen molar-refractivity contribution in [2.45, 2.75) is 45.6 Å². The number of anilines is 2. The van der Waals surface area contributed by atoms with Gasteiger partial charge in [-0.1, -0.05) is 11.6 Å². The third-order valence-electron chi connectivity index (χ3n) is 8.14. The van der Waals surface area contributed by atoms with Crippen LogP contribution >= 0.6 is 11.6 Å². The second kappa shape index (κ2) is 8.24. The molecular weight excluding hydrogens is 476 g/mol. The molecule has 1 spiro atoms. The Bertz CT molecular complexity index is 1470. The van der Waals surface area contributed by atoms with E-state index in [9.17, 15) is 0 Å². The van der Waals surface area contributed by atoms with Crippen LogP contribution in [0.2, 0.25) is 5.02 Å². The molecule has 0 radical (unpaired) electrons. The molecule has 9 nitrogen and oxygen atoms in total. The number of nitrogens with zero attached hydrogens (tertiary/aromatic N) is 7. The Morgan fingerprint density at radius 1 is 1.06 bits per heavy atom. The fourth-order valence-electron chi connectivity index (χ4n) is 5.91. The molecule has 6 heterocycles. The molecule has 0 amide bonds. The quantitative estimate of drug-likeness (QED) is 0.434. The van der Waals surface area contributed by atoms with Crippen LogP contribution in [0.1, 0.15) is 38.3 Å². The van der Waals surface area contributed by atoms with E-state index < -0.39 is 0 Å². The third kappa shape index (κ3) is 3.51. The van der Waals surface area contributed by atoms with E-state index in [1.807, 2.05) is 25.3 Å². The monoisotopic (exact) mass is 504 g/mol. The lowest BCUT2D eigenvalue weighted by Crippen LogP contribution is -2.41. The van der Waals surface area contributed by atoms with Crippen LogP contribution in [-0.2, 0) is 4.74 Å². The number of aryl methyl sites for hydroxylation is 1. The van der Waals surface area contributed by atoms with Gasteiger partial charge in [0.25, 0.3) is 0 Å². The van der Waals surface area contributed by atoms with Crippen molar-refractivity contribution in [1.82, 2.24) is 30.1 Å². The lowest BCUT2D eigenvalue weighted by atomic mass is 9.77. The minimum absolute atomic E-state index is 0.327. The fraction of sp³-hybridized carbons (Fsp3) is 0.500. The van der Waals surface area contributed by atoms with Crippen LogP contribution in [0.3, 0.4) is 0 Å². The van der Waals surface area contributed by atoms with E-state index in [0.717, 1.165) is 86.0 Å². The number of piperidine rings is 1. The van der Waals surface area contributed by atoms with Crippen molar-refractivity contribution in [2.24, 2.45) is 5.41 Å². The zero-order valence-corrected chi connectivity index (χ0v) is 21.3. The topological polar surface area (TPSA) is 96.0 Å². The maximum atomic E-state index is 6.89. The van der Waals surface area contributed by atoms with Gasteiger partial charge in [-0.3, -0.25) is 10.1 Å². The summed E-state index contributed by atoms with van der Waals surface area (Å²) in [6.07, 6.45) is 6.77. The summed E-state index contributed by atoms with van der Waals surface area (Å²) in [7, 11) is 0. The Hall–Kier alpha value is -3.04. The van der Waals surface area contributed by atoms with Crippen LogP contribution in [0.15, 0.2) is 18.3 Å². The van der Waals surface area contributed by atoms with Crippen molar-refractivity contribution in [3.8, 4) is 11.3 Å². The summed E-state index contributed by atoms with van der Waals surface area (Å²) in [6.45, 7) is 9.02. The second-order valence-electron chi connectivity index (χ2n) is 10.6. The molecular formula is C26H29ClN8O. The number of halogens is 1. The van der Waals surface area contributed by atoms with E-state index in [2.05, 4.69) is 31.9 Å². The van der Waals surface area contributed by atoms with Crippen molar-refractivity contribution in [3.05, 3.63) is 29.0 Å². The molecule has 1 aromatic carbocycles. The van der Waals surface area contributed by atoms with Gasteiger partial charge in [-0.25, -0.2) is 15.0 Å². The maximum Gasteiger partial charge on any atom is 0.177 e. The van der Waals surface area contributed by atoms with Crippen LogP contribution in [0.4, 0.5) is 11.6 Å². The van der Waals surface area contributed by atoms with Crippen molar-refractivity contribution in [3.63, 3.8) is 0 Å². The highest BCUT2D eigenvalue weighted by atomic mass is 35.5. The maximum absolute atomic E-state index is 6.89. The summed E-state index contributed by atoms with van der Waals surface area (Å²) in [4.78, 5) is 23.9. The number of ether oxygens (including phenoxy) is 1. The van der Waals surface area contributed by atoms with Gasteiger partial charge < -0.3 is 14.5 Å². The predicted octanol–water partition coefficient (Wildman–Crippen LogP) is 4.53. The number of aromatic nitrogens is 6. The molecule has 0 saturated carbocycles. The summed E-state index contributed by atoms with van der Waals surface area (Å²) in [5, 5.41) is 8.22. The number of benzene rings is 1. The third-order valence-corrected chi connectivity index (χ3v) is 8.52. The highest BCUT2D eigenvalue weighted by molar-refractivity contribution is 6.38. The van der Waals surface area contributed by atoms with E-state index in [0.29, 0.717) is 33.4 Å². The Labute approximate surface area is 214 Å². The molecule has 3 aliphatic rings. The van der Waals surface area contributed by atoms with Gasteiger partial charge in [0, 0.05) is 31.7 Å². The number of fused-ring (bicyclic) bond motifs is 2. The molecule has 36 heavy (non-hydrogen) atoms. The van der Waals surface area contributed by atoms with Crippen LogP contribution in [0, 0.1) is 12.3 Å². The van der Waals surface area contributed by atoms with E-state index in [-0.39, 0.29) is 0 Å². The zero-order valence-electron chi connectivity index (χ0n) is 20.6. The van der Waals surface area contributed by atoms with Gasteiger partial charge in [0.2, 0.25) is 0 Å². The van der Waals surface area contributed by atoms with Crippen LogP contribution in [0.25, 0.3) is 33.5 Å². The molecule has 3 saturated heterocycles. The molecule has 186 valence electrons. The number of hydrogen-bond acceptors (Lipinski definition) is 8. The molecule has 4 aromatic rings. The molecule has 1 atom stereocenters. The van der Waals surface area contributed by atoms with Crippen molar-refractivity contribution in [1.29, 1.82) is 0 Å². The number of H-pyrrole nitrogens is 1. The van der Waals surface area contributed by atoms with Gasteiger partial charge in [-0.05, 0) is 57.1 Å². The van der Waals surface area contributed by atoms with Crippen molar-refractivity contribution >= 4 is 45.4 Å². The van der Waals surface area contributed by atoms with Gasteiger partial charge in [-0.2, -0.15) is 5.10 Å². The van der Waals surface area contributed by atoms with Gasteiger partial charge in [0.15, 0.2) is 11.5 Å². The highest BCUT2D eigenvalue weighted by Crippen LogP contribution is 2.43. The Balaban J connectivity index is 1.22. The normalized spacial score (nSPS) is 21.6. The first-order valence-electron chi connectivity index (χ1n) is 12.8. The second-order valence-corrected chi connectivity index (χ2v) is 11.0. The van der Waals surface area contributed by atoms with E-state index in [4.69, 9.17) is 31.3 Å². The smallest absolute Gasteiger partial charge is 0.177 e. The summed E-state index contributed by atoms with van der Waals surface area (Å²) in [6, 6.07) is 3.88. The first kappa shape index (κ1) is 22.2. The fourth-order valence-corrected chi connectivity index (χ4v) is 6.20. The van der Waals surface area contributed by atoms with E-state index in [1.165, 1.54) is 6.42 Å². The zero-order chi connectivity index (χ0) is 24.4. The average molecular weight is 505 g/mol. The standard InChI is InChI=1S/C26H29ClN8O/c1-15-12-26(14-36-15)6-10-35(11-7-26)25-16(2)29-23-21(32-33-24(23)31-25)17-4-5-18-22(20(17)27)30-19(13-28-18)34-8-3-9-34/h4-5,13,15H,3,6-12,14H2,1-2H3,(H,31,32,33)/t15-/m0/s1. The first-order chi connectivity index (χ1) is 17.5. The Kier molecular flexibility index (Phi) is 5.08. The van der Waals surface area contributed by atoms with Gasteiger partial charge >= 0.3 is 0 Å². The van der Waals surface area contributed by atoms with Gasteiger partial charge in [0.05, 0.1) is 35.1 Å². The molecule has 3 aliphatic heterocycles. The van der Waals surface area contributed by atoms with Crippen LogP contribution in [-0.4, -0.2) is 69.0 Å². The van der Waals surface area contributed by atoms with Crippen LogP contribution in [0.5, 0.6) is 0 Å². The van der Waals surface area contributed by atoms with Crippen LogP contribution < -0.4 is 9.80 Å². The number of nitrogens with one attached hydrogen (secondary N) is 1. The largest absolute Gasteiger partial charge is 0.378 e. The molecule has 0 unspecified atom stereocenters. The Morgan fingerprint density at radius 3 is 2.61 bits per heavy atom. The lowest BCUT2D eigenvalue weighted by molar-refractivity contribution is 0.0976. The van der Waals surface area contributed by atoms with Crippen molar-refractivity contribution < 1.29 is 4.74 Å². The van der Waals surface area contributed by atoms with Gasteiger partial charge in [-0.15, -0.1) is 0 Å². The van der Waals surface area contributed by atoms with Crippen molar-refractivity contribution in [2.75, 3.05) is 42.6 Å². The molecule has 10 heteroatoms. The predicted molar refractivity (Wildman–Crippen MR) is 141 cm³/mol.